The van der Waals surface area contributed by atoms with Crippen LogP contribution in [0.5, 0.6) is 0 Å². The highest BCUT2D eigenvalue weighted by atomic mass is 16.1. The van der Waals surface area contributed by atoms with Crippen LogP contribution in [0.4, 0.5) is 5.82 Å². The second-order valence-electron chi connectivity index (χ2n) is 5.94. The van der Waals surface area contributed by atoms with Gasteiger partial charge in [-0.15, -0.1) is 11.5 Å². The Morgan fingerprint density at radius 2 is 2.17 bits per heavy atom. The molecule has 2 aliphatic heterocycles. The summed E-state index contributed by atoms with van der Waals surface area (Å²) in [5.41, 5.74) is 4.85. The van der Waals surface area contributed by atoms with Crippen molar-refractivity contribution in [2.45, 2.75) is 24.9 Å². The number of imidazole rings is 1. The van der Waals surface area contributed by atoms with E-state index in [4.69, 9.17) is 6.42 Å². The summed E-state index contributed by atoms with van der Waals surface area (Å²) >= 11 is 0. The molecule has 2 N–H and O–H groups in total. The number of aromatic amines is 1. The molecule has 0 bridgehead atoms. The number of hydrogen-bond acceptors (Lipinski definition) is 4. The fourth-order valence-corrected chi connectivity index (χ4v) is 3.65. The SMILES string of the molecule is C#Cc1ccc(-n2c3c([nH]c2=O)N=NC2NC=CC32)c2c1CC2. The van der Waals surface area contributed by atoms with Crippen molar-refractivity contribution in [3.8, 4) is 18.0 Å². The van der Waals surface area contributed by atoms with Gasteiger partial charge in [0, 0.05) is 5.56 Å². The third-order valence-corrected chi connectivity index (χ3v) is 4.85. The molecule has 0 fully saturated rings. The van der Waals surface area contributed by atoms with E-state index in [9.17, 15) is 4.79 Å². The summed E-state index contributed by atoms with van der Waals surface area (Å²) in [6, 6.07) is 3.86. The number of nitrogens with zero attached hydrogens (tertiary/aromatic N) is 3. The lowest BCUT2D eigenvalue weighted by Crippen LogP contribution is -2.28. The quantitative estimate of drug-likeness (QED) is 0.789. The van der Waals surface area contributed by atoms with E-state index in [-0.39, 0.29) is 17.8 Å². The number of hydrogen-bond donors (Lipinski definition) is 2. The zero-order valence-corrected chi connectivity index (χ0v) is 12.2. The molecule has 6 nitrogen and oxygen atoms in total. The molecule has 3 heterocycles. The van der Waals surface area contributed by atoms with Crippen molar-refractivity contribution in [2.24, 2.45) is 10.2 Å². The number of azo groups is 1. The zero-order chi connectivity index (χ0) is 15.6. The molecular formula is C17H13N5O. The molecular weight excluding hydrogens is 290 g/mol. The Balaban J connectivity index is 1.78. The number of nitrogens with one attached hydrogen (secondary N) is 2. The summed E-state index contributed by atoms with van der Waals surface area (Å²) in [7, 11) is 0. The molecule has 3 aliphatic rings. The Labute approximate surface area is 131 Å². The van der Waals surface area contributed by atoms with Gasteiger partial charge >= 0.3 is 5.69 Å². The Bertz CT molecular complexity index is 1000. The summed E-state index contributed by atoms with van der Waals surface area (Å²) in [4.78, 5) is 15.4. The van der Waals surface area contributed by atoms with Gasteiger partial charge in [-0.1, -0.05) is 12.0 Å². The van der Waals surface area contributed by atoms with Gasteiger partial charge in [0.1, 0.15) is 0 Å². The van der Waals surface area contributed by atoms with Crippen LogP contribution in [0.2, 0.25) is 0 Å². The molecule has 23 heavy (non-hydrogen) atoms. The van der Waals surface area contributed by atoms with Crippen LogP contribution in [0.1, 0.15) is 28.3 Å². The van der Waals surface area contributed by atoms with E-state index in [1.165, 1.54) is 11.1 Å². The molecule has 0 amide bonds. The van der Waals surface area contributed by atoms with Crippen LogP contribution in [0.25, 0.3) is 5.69 Å². The number of aromatic nitrogens is 2. The van der Waals surface area contributed by atoms with Gasteiger partial charge in [0.15, 0.2) is 12.0 Å². The summed E-state index contributed by atoms with van der Waals surface area (Å²) in [5, 5.41) is 11.5. The minimum atomic E-state index is -0.183. The number of benzene rings is 1. The van der Waals surface area contributed by atoms with Crippen molar-refractivity contribution in [3.05, 3.63) is 57.3 Å². The first-order chi connectivity index (χ1) is 11.3. The van der Waals surface area contributed by atoms with E-state index >= 15 is 0 Å². The van der Waals surface area contributed by atoms with Gasteiger partial charge in [-0.05, 0) is 42.3 Å². The molecule has 1 aliphatic carbocycles. The lowest BCUT2D eigenvalue weighted by atomic mass is 9.83. The third-order valence-electron chi connectivity index (χ3n) is 4.85. The Hall–Kier alpha value is -3.07. The van der Waals surface area contributed by atoms with Crippen molar-refractivity contribution >= 4 is 5.82 Å². The maximum Gasteiger partial charge on any atom is 0.332 e. The standard InChI is InChI=1S/C17H13N5O/c1-2-9-3-6-13(11-5-4-10(9)11)22-14-12-7-8-18-15(12)20-21-16(14)19-17(22)23/h1,3,6-8,12,15,18H,4-5H2,(H,19,23). The Kier molecular flexibility index (Phi) is 2.29. The lowest BCUT2D eigenvalue weighted by Gasteiger charge is -2.26. The molecule has 112 valence electrons. The van der Waals surface area contributed by atoms with Gasteiger partial charge in [0.25, 0.3) is 0 Å². The number of terminal acetylenes is 1. The van der Waals surface area contributed by atoms with Crippen molar-refractivity contribution in [1.82, 2.24) is 14.9 Å². The van der Waals surface area contributed by atoms with E-state index in [0.717, 1.165) is 29.8 Å². The number of fused-ring (bicyclic) bond motifs is 4. The minimum absolute atomic E-state index is 0.00415. The molecule has 5 rings (SSSR count). The molecule has 0 saturated carbocycles. The summed E-state index contributed by atoms with van der Waals surface area (Å²) in [6.45, 7) is 0. The molecule has 1 aromatic heterocycles. The van der Waals surface area contributed by atoms with E-state index in [2.05, 4.69) is 26.4 Å². The van der Waals surface area contributed by atoms with Crippen LogP contribution in [0.3, 0.4) is 0 Å². The maximum atomic E-state index is 12.6. The summed E-state index contributed by atoms with van der Waals surface area (Å²) < 4.78 is 1.74. The van der Waals surface area contributed by atoms with Gasteiger partial charge in [0.2, 0.25) is 0 Å². The highest BCUT2D eigenvalue weighted by Gasteiger charge is 2.35. The molecule has 2 unspecified atom stereocenters. The topological polar surface area (TPSA) is 74.5 Å². The van der Waals surface area contributed by atoms with Crippen LogP contribution < -0.4 is 11.0 Å². The molecule has 2 atom stereocenters. The Morgan fingerprint density at radius 1 is 1.30 bits per heavy atom. The third kappa shape index (κ3) is 1.51. The molecule has 0 saturated heterocycles. The van der Waals surface area contributed by atoms with Crippen LogP contribution in [-0.2, 0) is 12.8 Å². The van der Waals surface area contributed by atoms with E-state index < -0.39 is 0 Å². The number of rotatable bonds is 1. The highest BCUT2D eigenvalue weighted by molar-refractivity contribution is 5.60. The highest BCUT2D eigenvalue weighted by Crippen LogP contribution is 2.39. The normalized spacial score (nSPS) is 22.6. The average molecular weight is 303 g/mol. The van der Waals surface area contributed by atoms with Gasteiger partial charge < -0.3 is 5.32 Å². The van der Waals surface area contributed by atoms with Crippen LogP contribution >= 0.6 is 0 Å². The molecule has 1 aromatic carbocycles. The first kappa shape index (κ1) is 12.5. The van der Waals surface area contributed by atoms with E-state index in [0.29, 0.717) is 5.82 Å². The number of H-pyrrole nitrogens is 1. The van der Waals surface area contributed by atoms with Crippen LogP contribution in [-0.4, -0.2) is 15.7 Å². The molecule has 2 aromatic rings. The molecule has 6 heteroatoms. The van der Waals surface area contributed by atoms with Crippen molar-refractivity contribution < 1.29 is 0 Å². The largest absolute Gasteiger partial charge is 0.368 e. The first-order valence-electron chi connectivity index (χ1n) is 7.58. The van der Waals surface area contributed by atoms with Crippen molar-refractivity contribution in [3.63, 3.8) is 0 Å². The first-order valence-corrected chi connectivity index (χ1v) is 7.58. The van der Waals surface area contributed by atoms with Gasteiger partial charge in [0.05, 0.1) is 17.3 Å². The molecule has 0 radical (unpaired) electrons. The van der Waals surface area contributed by atoms with Gasteiger partial charge in [-0.25, -0.2) is 4.79 Å². The molecule has 0 spiro atoms. The second-order valence-corrected chi connectivity index (χ2v) is 5.94. The van der Waals surface area contributed by atoms with Crippen LogP contribution in [0.15, 0.2) is 39.4 Å². The van der Waals surface area contributed by atoms with Crippen LogP contribution in [0, 0.1) is 12.3 Å². The maximum absolute atomic E-state index is 12.6. The minimum Gasteiger partial charge on any atom is -0.368 e. The lowest BCUT2D eigenvalue weighted by molar-refractivity contribution is 0.538. The van der Waals surface area contributed by atoms with Gasteiger partial charge in [-0.3, -0.25) is 9.55 Å². The fraction of sp³-hybridized carbons (Fsp3) is 0.235. The van der Waals surface area contributed by atoms with E-state index in [1.54, 1.807) is 4.57 Å². The van der Waals surface area contributed by atoms with Crippen molar-refractivity contribution in [1.29, 1.82) is 0 Å². The summed E-state index contributed by atoms with van der Waals surface area (Å²) in [5.74, 6) is 3.27. The monoisotopic (exact) mass is 303 g/mol. The van der Waals surface area contributed by atoms with E-state index in [1.807, 2.05) is 24.4 Å². The second kappa shape index (κ2) is 4.23. The predicted molar refractivity (Wildman–Crippen MR) is 85.1 cm³/mol. The smallest absolute Gasteiger partial charge is 0.332 e. The average Bonchev–Trinajstić information content (AvgIpc) is 3.10. The summed E-state index contributed by atoms with van der Waals surface area (Å²) in [6.07, 6.45) is 11.2. The zero-order valence-electron chi connectivity index (χ0n) is 12.2. The fourth-order valence-electron chi connectivity index (χ4n) is 3.65. The Morgan fingerprint density at radius 3 is 2.96 bits per heavy atom. The van der Waals surface area contributed by atoms with Gasteiger partial charge in [-0.2, -0.15) is 5.11 Å². The predicted octanol–water partition coefficient (Wildman–Crippen LogP) is 1.87. The van der Waals surface area contributed by atoms with Crippen molar-refractivity contribution in [2.75, 3.05) is 0 Å².